The van der Waals surface area contributed by atoms with E-state index in [-0.39, 0.29) is 11.6 Å². The lowest BCUT2D eigenvalue weighted by Crippen LogP contribution is -2.13. The number of hydrogen-bond acceptors (Lipinski definition) is 3. The monoisotopic (exact) mass is 326 g/mol. The van der Waals surface area contributed by atoms with Gasteiger partial charge in [-0.2, -0.15) is 0 Å². The molecule has 1 amide bonds. The highest BCUT2D eigenvalue weighted by Gasteiger charge is 2.15. The van der Waals surface area contributed by atoms with Crippen LogP contribution in [0.15, 0.2) is 53.1 Å². The molecule has 4 nitrogen and oxygen atoms in total. The Balaban J connectivity index is 1.81. The summed E-state index contributed by atoms with van der Waals surface area (Å²) in [5, 5.41) is 7.24. The maximum absolute atomic E-state index is 12.3. The fourth-order valence-corrected chi connectivity index (χ4v) is 2.34. The molecule has 116 valence electrons. The van der Waals surface area contributed by atoms with Gasteiger partial charge in [-0.05, 0) is 31.5 Å². The third-order valence-electron chi connectivity index (χ3n) is 3.59. The minimum Gasteiger partial charge on any atom is -0.355 e. The molecule has 2 aromatic carbocycles. The number of halogens is 1. The minimum absolute atomic E-state index is 0.222. The molecule has 3 rings (SSSR count). The topological polar surface area (TPSA) is 55.1 Å². The molecule has 0 fully saturated rings. The molecule has 0 spiro atoms. The van der Waals surface area contributed by atoms with Gasteiger partial charge >= 0.3 is 0 Å². The number of hydrogen-bond donors (Lipinski definition) is 1. The summed E-state index contributed by atoms with van der Waals surface area (Å²) in [6, 6.07) is 14.8. The van der Waals surface area contributed by atoms with Crippen molar-refractivity contribution in [1.29, 1.82) is 0 Å². The Hall–Kier alpha value is -2.59. The summed E-state index contributed by atoms with van der Waals surface area (Å²) in [5.74, 6) is 0.218. The second-order valence-electron chi connectivity index (χ2n) is 5.31. The smallest absolute Gasteiger partial charge is 0.277 e. The van der Waals surface area contributed by atoms with Crippen LogP contribution in [0.1, 0.15) is 21.6 Å². The average molecular weight is 327 g/mol. The molecular weight excluding hydrogens is 312 g/mol. The maximum atomic E-state index is 12.3. The van der Waals surface area contributed by atoms with Crippen LogP contribution in [-0.4, -0.2) is 11.1 Å². The van der Waals surface area contributed by atoms with E-state index in [1.807, 2.05) is 38.1 Å². The van der Waals surface area contributed by atoms with Gasteiger partial charge in [0.05, 0.1) is 0 Å². The lowest BCUT2D eigenvalue weighted by atomic mass is 10.1. The Morgan fingerprint density at radius 2 is 1.87 bits per heavy atom. The summed E-state index contributed by atoms with van der Waals surface area (Å²) < 4.78 is 5.27. The molecule has 0 radical (unpaired) electrons. The molecule has 0 aliphatic heterocycles. The molecular formula is C18H15ClN2O2. The SMILES string of the molecule is Cc1ccc(-c2cc(C(=O)Nc3cccc(Cl)c3C)no2)cc1. The van der Waals surface area contributed by atoms with E-state index in [9.17, 15) is 4.79 Å². The van der Waals surface area contributed by atoms with Crippen LogP contribution >= 0.6 is 11.6 Å². The Morgan fingerprint density at radius 3 is 2.61 bits per heavy atom. The van der Waals surface area contributed by atoms with Gasteiger partial charge in [0.15, 0.2) is 11.5 Å². The fourth-order valence-electron chi connectivity index (χ4n) is 2.17. The van der Waals surface area contributed by atoms with Crippen molar-refractivity contribution in [3.8, 4) is 11.3 Å². The van der Waals surface area contributed by atoms with Crippen molar-refractivity contribution >= 4 is 23.2 Å². The molecule has 0 aliphatic carbocycles. The van der Waals surface area contributed by atoms with Crippen LogP contribution in [-0.2, 0) is 0 Å². The molecule has 1 aromatic heterocycles. The molecule has 5 heteroatoms. The number of carbonyl (C=O) groups excluding carboxylic acids is 1. The van der Waals surface area contributed by atoms with Crippen molar-refractivity contribution in [2.45, 2.75) is 13.8 Å². The highest BCUT2D eigenvalue weighted by atomic mass is 35.5. The Kier molecular flexibility index (Phi) is 4.17. The van der Waals surface area contributed by atoms with Crippen molar-refractivity contribution in [2.24, 2.45) is 0 Å². The van der Waals surface area contributed by atoms with Gasteiger partial charge in [0.1, 0.15) is 0 Å². The highest BCUT2D eigenvalue weighted by molar-refractivity contribution is 6.31. The van der Waals surface area contributed by atoms with Crippen molar-refractivity contribution in [1.82, 2.24) is 5.16 Å². The maximum Gasteiger partial charge on any atom is 0.277 e. The summed E-state index contributed by atoms with van der Waals surface area (Å²) in [6.45, 7) is 3.86. The first kappa shape index (κ1) is 15.3. The predicted octanol–water partition coefficient (Wildman–Crippen LogP) is 4.86. The molecule has 0 atom stereocenters. The quantitative estimate of drug-likeness (QED) is 0.747. The number of anilines is 1. The molecule has 0 bridgehead atoms. The molecule has 0 aliphatic rings. The number of amides is 1. The van der Waals surface area contributed by atoms with Gasteiger partial charge in [-0.3, -0.25) is 4.79 Å². The number of aryl methyl sites for hydroxylation is 1. The zero-order valence-electron chi connectivity index (χ0n) is 12.8. The average Bonchev–Trinajstić information content (AvgIpc) is 3.02. The van der Waals surface area contributed by atoms with E-state index < -0.39 is 0 Å². The Labute approximate surface area is 139 Å². The van der Waals surface area contributed by atoms with Gasteiger partial charge in [0.2, 0.25) is 0 Å². The van der Waals surface area contributed by atoms with Crippen molar-refractivity contribution in [3.63, 3.8) is 0 Å². The third-order valence-corrected chi connectivity index (χ3v) is 4.00. The first-order chi connectivity index (χ1) is 11.0. The number of benzene rings is 2. The van der Waals surface area contributed by atoms with Crippen LogP contribution in [0.25, 0.3) is 11.3 Å². The van der Waals surface area contributed by atoms with Gasteiger partial charge in [-0.1, -0.05) is 52.7 Å². The number of carbonyl (C=O) groups is 1. The first-order valence-corrected chi connectivity index (χ1v) is 7.52. The van der Waals surface area contributed by atoms with E-state index in [1.54, 1.807) is 24.3 Å². The van der Waals surface area contributed by atoms with Crippen LogP contribution in [0, 0.1) is 13.8 Å². The number of rotatable bonds is 3. The van der Waals surface area contributed by atoms with Crippen molar-refractivity contribution in [2.75, 3.05) is 5.32 Å². The molecule has 1 N–H and O–H groups in total. The van der Waals surface area contributed by atoms with Gasteiger partial charge in [0.25, 0.3) is 5.91 Å². The van der Waals surface area contributed by atoms with E-state index in [0.717, 1.165) is 16.7 Å². The van der Waals surface area contributed by atoms with Crippen LogP contribution in [0.3, 0.4) is 0 Å². The minimum atomic E-state index is -0.336. The first-order valence-electron chi connectivity index (χ1n) is 7.15. The standard InChI is InChI=1S/C18H15ClN2O2/c1-11-6-8-13(9-7-11)17-10-16(21-23-17)18(22)20-15-5-3-4-14(19)12(15)2/h3-10H,1-2H3,(H,20,22). The van der Waals surface area contributed by atoms with E-state index in [4.69, 9.17) is 16.1 Å². The fraction of sp³-hybridized carbons (Fsp3) is 0.111. The second kappa shape index (κ2) is 6.26. The summed E-state index contributed by atoms with van der Waals surface area (Å²) in [5.41, 5.74) is 3.72. The zero-order valence-corrected chi connectivity index (χ0v) is 13.5. The van der Waals surface area contributed by atoms with Crippen LogP contribution in [0.5, 0.6) is 0 Å². The molecule has 0 saturated heterocycles. The Bertz CT molecular complexity index is 854. The van der Waals surface area contributed by atoms with E-state index in [1.165, 1.54) is 0 Å². The lowest BCUT2D eigenvalue weighted by Gasteiger charge is -2.07. The van der Waals surface area contributed by atoms with Crippen molar-refractivity contribution in [3.05, 3.63) is 70.4 Å². The van der Waals surface area contributed by atoms with Crippen LogP contribution in [0.4, 0.5) is 5.69 Å². The molecule has 0 unspecified atom stereocenters. The third kappa shape index (κ3) is 3.27. The highest BCUT2D eigenvalue weighted by Crippen LogP contribution is 2.24. The zero-order chi connectivity index (χ0) is 16.4. The summed E-state index contributed by atoms with van der Waals surface area (Å²) in [4.78, 5) is 12.3. The number of nitrogens with one attached hydrogen (secondary N) is 1. The number of nitrogens with zero attached hydrogens (tertiary/aromatic N) is 1. The van der Waals surface area contributed by atoms with Gasteiger partial charge in [0, 0.05) is 22.3 Å². The van der Waals surface area contributed by atoms with Gasteiger partial charge < -0.3 is 9.84 Å². The summed E-state index contributed by atoms with van der Waals surface area (Å²) >= 11 is 6.05. The van der Waals surface area contributed by atoms with Gasteiger partial charge in [-0.25, -0.2) is 0 Å². The molecule has 23 heavy (non-hydrogen) atoms. The van der Waals surface area contributed by atoms with Crippen LogP contribution < -0.4 is 5.32 Å². The van der Waals surface area contributed by atoms with E-state index >= 15 is 0 Å². The largest absolute Gasteiger partial charge is 0.355 e. The molecule has 1 heterocycles. The second-order valence-corrected chi connectivity index (χ2v) is 5.72. The van der Waals surface area contributed by atoms with Gasteiger partial charge in [-0.15, -0.1) is 0 Å². The molecule has 3 aromatic rings. The Morgan fingerprint density at radius 1 is 1.13 bits per heavy atom. The van der Waals surface area contributed by atoms with E-state index in [2.05, 4.69) is 10.5 Å². The predicted molar refractivity (Wildman–Crippen MR) is 90.8 cm³/mol. The van der Waals surface area contributed by atoms with Crippen molar-refractivity contribution < 1.29 is 9.32 Å². The summed E-state index contributed by atoms with van der Waals surface area (Å²) in [7, 11) is 0. The lowest BCUT2D eigenvalue weighted by molar-refractivity contribution is 0.101. The molecule has 0 saturated carbocycles. The number of aromatic nitrogens is 1. The van der Waals surface area contributed by atoms with Crippen LogP contribution in [0.2, 0.25) is 5.02 Å². The van der Waals surface area contributed by atoms with E-state index in [0.29, 0.717) is 16.5 Å². The summed E-state index contributed by atoms with van der Waals surface area (Å²) in [6.07, 6.45) is 0. The normalized spacial score (nSPS) is 10.6.